The highest BCUT2D eigenvalue weighted by atomic mass is 35.5. The topological polar surface area (TPSA) is 59.3 Å². The third-order valence-corrected chi connectivity index (χ3v) is 2.42. The second kappa shape index (κ2) is 6.24. The van der Waals surface area contributed by atoms with Gasteiger partial charge in [0.15, 0.2) is 5.78 Å². The van der Waals surface area contributed by atoms with Crippen LogP contribution >= 0.6 is 11.6 Å². The van der Waals surface area contributed by atoms with Gasteiger partial charge in [0, 0.05) is 12.1 Å². The van der Waals surface area contributed by atoms with E-state index in [0.29, 0.717) is 16.3 Å². The van der Waals surface area contributed by atoms with Crippen LogP contribution in [0.5, 0.6) is 5.75 Å². The molecule has 17 heavy (non-hydrogen) atoms. The summed E-state index contributed by atoms with van der Waals surface area (Å²) in [6.07, 6.45) is 0. The van der Waals surface area contributed by atoms with Gasteiger partial charge in [-0.1, -0.05) is 11.6 Å². The summed E-state index contributed by atoms with van der Waals surface area (Å²) < 4.78 is 9.76. The highest BCUT2D eigenvalue weighted by Gasteiger charge is 2.20. The molecule has 0 saturated carbocycles. The van der Waals surface area contributed by atoms with Crippen LogP contribution in [0.25, 0.3) is 0 Å². The van der Waals surface area contributed by atoms with Crippen molar-refractivity contribution in [3.63, 3.8) is 0 Å². The molecule has 0 aliphatic rings. The predicted molar refractivity (Wildman–Crippen MR) is 63.2 cm³/mol. The number of nitrogens with zero attached hydrogens (tertiary/aromatic N) is 1. The molecule has 0 aliphatic carbocycles. The van der Waals surface area contributed by atoms with Crippen molar-refractivity contribution < 1.29 is 14.3 Å². The zero-order valence-corrected chi connectivity index (χ0v) is 10.3. The molecule has 0 bridgehead atoms. The Hall–Kier alpha value is -1.57. The van der Waals surface area contributed by atoms with Crippen molar-refractivity contribution in [2.45, 2.75) is 5.92 Å². The molecule has 4 nitrogen and oxygen atoms in total. The lowest BCUT2D eigenvalue weighted by atomic mass is 9.96. The van der Waals surface area contributed by atoms with Gasteiger partial charge >= 0.3 is 0 Å². The average molecular weight is 254 g/mol. The lowest BCUT2D eigenvalue weighted by Crippen LogP contribution is -2.16. The first-order valence-electron chi connectivity index (χ1n) is 4.88. The molecule has 1 aromatic rings. The molecule has 0 N–H and O–H groups in total. The number of benzene rings is 1. The number of hydrogen-bond donors (Lipinski definition) is 0. The van der Waals surface area contributed by atoms with Gasteiger partial charge in [0.1, 0.15) is 18.3 Å². The Bertz CT molecular complexity index is 454. The van der Waals surface area contributed by atoms with Gasteiger partial charge in [-0.25, -0.2) is 0 Å². The molecule has 90 valence electrons. The van der Waals surface area contributed by atoms with Crippen LogP contribution in [0.1, 0.15) is 11.5 Å². The number of ketones is 1. The number of ether oxygens (including phenoxy) is 2. The van der Waals surface area contributed by atoms with Gasteiger partial charge in [-0.05, 0) is 23.8 Å². The summed E-state index contributed by atoms with van der Waals surface area (Å²) >= 11 is 5.88. The third kappa shape index (κ3) is 3.45. The fourth-order valence-electron chi connectivity index (χ4n) is 1.43. The quantitative estimate of drug-likeness (QED) is 0.807. The minimum atomic E-state index is -0.887. The standard InChI is InChI=1S/C12H12ClNO3/c1-16-7-12(15)11(6-14)8-3-9(13)5-10(4-8)17-2/h3-5,11H,7H2,1-2H3. The lowest BCUT2D eigenvalue weighted by Gasteiger charge is -2.10. The van der Waals surface area contributed by atoms with Gasteiger partial charge in [-0.15, -0.1) is 0 Å². The number of carbonyl (C=O) groups is 1. The van der Waals surface area contributed by atoms with Gasteiger partial charge in [0.05, 0.1) is 13.2 Å². The Kier molecular flexibility index (Phi) is 4.95. The van der Waals surface area contributed by atoms with Crippen LogP contribution in [-0.4, -0.2) is 26.6 Å². The molecular formula is C12H12ClNO3. The number of rotatable bonds is 5. The van der Waals surface area contributed by atoms with E-state index in [1.165, 1.54) is 14.2 Å². The first-order chi connectivity index (χ1) is 8.12. The summed E-state index contributed by atoms with van der Waals surface area (Å²) in [7, 11) is 2.90. The van der Waals surface area contributed by atoms with E-state index in [0.717, 1.165) is 0 Å². The van der Waals surface area contributed by atoms with Crippen LogP contribution in [0.4, 0.5) is 0 Å². The second-order valence-electron chi connectivity index (χ2n) is 3.39. The Morgan fingerprint density at radius 1 is 1.47 bits per heavy atom. The first kappa shape index (κ1) is 13.5. The number of hydrogen-bond acceptors (Lipinski definition) is 4. The van der Waals surface area contributed by atoms with E-state index in [1.807, 2.05) is 6.07 Å². The second-order valence-corrected chi connectivity index (χ2v) is 3.82. The smallest absolute Gasteiger partial charge is 0.179 e. The maximum Gasteiger partial charge on any atom is 0.179 e. The molecule has 0 amide bonds. The zero-order chi connectivity index (χ0) is 12.8. The van der Waals surface area contributed by atoms with Crippen molar-refractivity contribution in [1.29, 1.82) is 5.26 Å². The van der Waals surface area contributed by atoms with Crippen molar-refractivity contribution in [2.24, 2.45) is 0 Å². The summed E-state index contributed by atoms with van der Waals surface area (Å²) in [5, 5.41) is 9.44. The predicted octanol–water partition coefficient (Wildman–Crippen LogP) is 2.17. The highest BCUT2D eigenvalue weighted by Crippen LogP contribution is 2.26. The molecule has 0 radical (unpaired) electrons. The fraction of sp³-hybridized carbons (Fsp3) is 0.333. The van der Waals surface area contributed by atoms with E-state index < -0.39 is 5.92 Å². The van der Waals surface area contributed by atoms with Crippen molar-refractivity contribution in [1.82, 2.24) is 0 Å². The van der Waals surface area contributed by atoms with Crippen molar-refractivity contribution in [3.8, 4) is 11.8 Å². The maximum atomic E-state index is 11.7. The number of halogens is 1. The average Bonchev–Trinajstić information content (AvgIpc) is 2.29. The molecule has 5 heteroatoms. The third-order valence-electron chi connectivity index (χ3n) is 2.20. The van der Waals surface area contributed by atoms with Crippen molar-refractivity contribution in [3.05, 3.63) is 28.8 Å². The van der Waals surface area contributed by atoms with E-state index >= 15 is 0 Å². The minimum absolute atomic E-state index is 0.104. The van der Waals surface area contributed by atoms with E-state index in [9.17, 15) is 4.79 Å². The van der Waals surface area contributed by atoms with Crippen LogP contribution in [0.15, 0.2) is 18.2 Å². The Morgan fingerprint density at radius 2 is 2.18 bits per heavy atom. The first-order valence-corrected chi connectivity index (χ1v) is 5.26. The Labute approximate surface area is 105 Å². The molecule has 0 aliphatic heterocycles. The molecule has 0 saturated heterocycles. The largest absolute Gasteiger partial charge is 0.497 e. The van der Waals surface area contributed by atoms with Gasteiger partial charge in [-0.3, -0.25) is 4.79 Å². The van der Waals surface area contributed by atoms with E-state index in [1.54, 1.807) is 18.2 Å². The summed E-state index contributed by atoms with van der Waals surface area (Å²) in [5.41, 5.74) is 0.513. The molecule has 0 heterocycles. The molecule has 0 aromatic heterocycles. The molecule has 0 fully saturated rings. The van der Waals surface area contributed by atoms with Crippen LogP contribution in [0, 0.1) is 11.3 Å². The van der Waals surface area contributed by atoms with Crippen LogP contribution in [-0.2, 0) is 9.53 Å². The van der Waals surface area contributed by atoms with E-state index in [-0.39, 0.29) is 12.4 Å². The lowest BCUT2D eigenvalue weighted by molar-refractivity contribution is -0.122. The molecule has 0 spiro atoms. The molecule has 1 atom stereocenters. The number of nitriles is 1. The van der Waals surface area contributed by atoms with Crippen LogP contribution in [0.3, 0.4) is 0 Å². The monoisotopic (exact) mass is 253 g/mol. The van der Waals surface area contributed by atoms with Crippen LogP contribution < -0.4 is 4.74 Å². The summed E-state index contributed by atoms with van der Waals surface area (Å²) in [6.45, 7) is -0.104. The zero-order valence-electron chi connectivity index (χ0n) is 9.57. The summed E-state index contributed by atoms with van der Waals surface area (Å²) in [6, 6.07) is 6.74. The summed E-state index contributed by atoms with van der Waals surface area (Å²) in [5.74, 6) is -0.681. The number of carbonyl (C=O) groups excluding carboxylic acids is 1. The number of methoxy groups -OCH3 is 2. The fourth-order valence-corrected chi connectivity index (χ4v) is 1.66. The Morgan fingerprint density at radius 3 is 2.71 bits per heavy atom. The van der Waals surface area contributed by atoms with Gasteiger partial charge in [0.25, 0.3) is 0 Å². The van der Waals surface area contributed by atoms with Crippen molar-refractivity contribution >= 4 is 17.4 Å². The molecule has 1 aromatic carbocycles. The molecular weight excluding hydrogens is 242 g/mol. The molecule has 1 unspecified atom stereocenters. The minimum Gasteiger partial charge on any atom is -0.497 e. The van der Waals surface area contributed by atoms with Gasteiger partial charge in [-0.2, -0.15) is 5.26 Å². The van der Waals surface area contributed by atoms with E-state index in [4.69, 9.17) is 26.3 Å². The highest BCUT2D eigenvalue weighted by molar-refractivity contribution is 6.30. The van der Waals surface area contributed by atoms with Crippen molar-refractivity contribution in [2.75, 3.05) is 20.8 Å². The van der Waals surface area contributed by atoms with E-state index in [2.05, 4.69) is 0 Å². The summed E-state index contributed by atoms with van der Waals surface area (Å²) in [4.78, 5) is 11.7. The SMILES string of the molecule is COCC(=O)C(C#N)c1cc(Cl)cc(OC)c1. The molecule has 1 rings (SSSR count). The van der Waals surface area contributed by atoms with Crippen LogP contribution in [0.2, 0.25) is 5.02 Å². The maximum absolute atomic E-state index is 11.7. The van der Waals surface area contributed by atoms with Gasteiger partial charge < -0.3 is 9.47 Å². The Balaban J connectivity index is 3.08. The van der Waals surface area contributed by atoms with Gasteiger partial charge in [0.2, 0.25) is 0 Å². The normalized spacial score (nSPS) is 11.6. The number of Topliss-reactive ketones (excluding diaryl/α,β-unsaturated/α-hetero) is 1.